The summed E-state index contributed by atoms with van der Waals surface area (Å²) < 4.78 is 138. The lowest BCUT2D eigenvalue weighted by molar-refractivity contribution is -0.426. The van der Waals surface area contributed by atoms with E-state index in [0.717, 1.165) is 113 Å². The van der Waals surface area contributed by atoms with Gasteiger partial charge in [0.1, 0.15) is 0 Å². The Balaban J connectivity index is 1.07. The quantitative estimate of drug-likeness (QED) is 0.0282. The van der Waals surface area contributed by atoms with E-state index >= 15 is 0 Å². The number of hydrogen-bond acceptors (Lipinski definition) is 4. The van der Waals surface area contributed by atoms with Crippen molar-refractivity contribution in [2.75, 3.05) is 13.2 Å². The maximum absolute atomic E-state index is 14.2. The molecule has 0 atom stereocenters. The van der Waals surface area contributed by atoms with Crippen LogP contribution in [0, 0.1) is 5.41 Å². The molecule has 0 amide bonds. The molecule has 82 heavy (non-hydrogen) atoms. The van der Waals surface area contributed by atoms with Gasteiger partial charge in [0.2, 0.25) is 0 Å². The van der Waals surface area contributed by atoms with Crippen molar-refractivity contribution in [3.8, 4) is 44.5 Å². The van der Waals surface area contributed by atoms with Crippen LogP contribution in [0.3, 0.4) is 0 Å². The third-order valence-corrected chi connectivity index (χ3v) is 17.4. The van der Waals surface area contributed by atoms with Gasteiger partial charge in [0.05, 0.1) is 13.2 Å². The van der Waals surface area contributed by atoms with Gasteiger partial charge in [-0.2, -0.15) is 39.5 Å². The van der Waals surface area contributed by atoms with Gasteiger partial charge in [0.25, 0.3) is 5.41 Å². The van der Waals surface area contributed by atoms with E-state index in [-0.39, 0.29) is 18.6 Å². The number of esters is 2. The second kappa shape index (κ2) is 21.1. The highest BCUT2D eigenvalue weighted by atomic mass is 19.4. The van der Waals surface area contributed by atoms with Gasteiger partial charge in [-0.15, -0.1) is 0 Å². The van der Waals surface area contributed by atoms with Crippen molar-refractivity contribution in [3.05, 3.63) is 180 Å². The average molecular weight is 1130 g/mol. The highest BCUT2D eigenvalue weighted by molar-refractivity contribution is 6.25. The van der Waals surface area contributed by atoms with Gasteiger partial charge in [-0.25, -0.2) is 9.59 Å². The van der Waals surface area contributed by atoms with Crippen molar-refractivity contribution in [3.63, 3.8) is 0 Å². The van der Waals surface area contributed by atoms with E-state index < -0.39 is 58.7 Å². The topological polar surface area (TPSA) is 52.6 Å². The molecule has 0 bridgehead atoms. The number of rotatable bonds is 18. The Morgan fingerprint density at radius 2 is 0.902 bits per heavy atom. The van der Waals surface area contributed by atoms with Gasteiger partial charge in [-0.3, -0.25) is 0 Å². The molecule has 0 heterocycles. The van der Waals surface area contributed by atoms with Gasteiger partial charge in [-0.1, -0.05) is 177 Å². The Labute approximate surface area is 471 Å². The second-order valence-electron chi connectivity index (χ2n) is 23.7. The molecule has 8 aromatic rings. The van der Waals surface area contributed by atoms with Crippen molar-refractivity contribution < 1.29 is 58.6 Å². The summed E-state index contributed by atoms with van der Waals surface area (Å²) >= 11 is 0. The van der Waals surface area contributed by atoms with Gasteiger partial charge in [0, 0.05) is 29.4 Å². The summed E-state index contributed by atoms with van der Waals surface area (Å²) in [6.45, 7) is 17.7. The fourth-order valence-electron chi connectivity index (χ4n) is 13.0. The predicted molar refractivity (Wildman–Crippen MR) is 307 cm³/mol. The van der Waals surface area contributed by atoms with Crippen LogP contribution >= 0.6 is 0 Å². The summed E-state index contributed by atoms with van der Waals surface area (Å²) in [5.74, 6) is -0.976. The maximum atomic E-state index is 14.2. The molecule has 0 spiro atoms. The molecule has 426 valence electrons. The standard InChI is InChI=1S/C69H63F9O4/c1-8-59(79)81-32-14-10-12-30-65(31-13-11-15-33-82-60(80)9-2)57-38-44(43-20-26-51-50-24-16-41(34-55(50)64(6,7)56(51)37-43)40-66(67(70,71)72,68(73,74)75)69(76,77)78)21-27-52(57)53-28-22-45(39-58(53)65)49-25-19-42-17-18-46-35-48(63(3,4)5)36-47-23-29-54(49)62(42)61(46)47/h8-9,16-29,34-39H,1-2,10-15,30-33,40H2,3-7H3. The van der Waals surface area contributed by atoms with Crippen LogP contribution in [0.2, 0.25) is 0 Å². The van der Waals surface area contributed by atoms with Gasteiger partial charge < -0.3 is 9.47 Å². The first-order chi connectivity index (χ1) is 38.6. The summed E-state index contributed by atoms with van der Waals surface area (Å²) in [5.41, 5.74) is 3.31. The molecule has 0 aliphatic heterocycles. The molecule has 4 nitrogen and oxygen atoms in total. The Morgan fingerprint density at radius 1 is 0.476 bits per heavy atom. The molecule has 0 unspecified atom stereocenters. The van der Waals surface area contributed by atoms with Crippen LogP contribution in [-0.2, 0) is 41.7 Å². The van der Waals surface area contributed by atoms with Crippen LogP contribution in [0.5, 0.6) is 0 Å². The zero-order chi connectivity index (χ0) is 59.0. The largest absolute Gasteiger partial charge is 0.463 e. The summed E-state index contributed by atoms with van der Waals surface area (Å²) in [4.78, 5) is 24.0. The number of carbonyl (C=O) groups excluding carboxylic acids is 2. The SMILES string of the molecule is C=CC(=O)OCCCCCC1(CCCCCOC(=O)C=C)c2cc(-c3ccc4c(c3)C(C)(C)c3cc(CC(C(F)(F)F)(C(F)(F)F)C(F)(F)F)ccc3-4)ccc2-c2ccc(-c3ccc4ccc5cc(C(C)(C)C)cc6ccc3c4c56)cc21. The molecule has 0 N–H and O–H groups in total. The minimum Gasteiger partial charge on any atom is -0.463 e. The number of hydrogen-bond donors (Lipinski definition) is 0. The minimum atomic E-state index is -6.68. The number of alkyl halides is 9. The molecule has 0 aromatic heterocycles. The molecule has 0 radical (unpaired) electrons. The van der Waals surface area contributed by atoms with E-state index in [1.54, 1.807) is 13.8 Å². The van der Waals surface area contributed by atoms with E-state index in [1.807, 2.05) is 24.3 Å². The van der Waals surface area contributed by atoms with Crippen molar-refractivity contribution in [1.82, 2.24) is 0 Å². The van der Waals surface area contributed by atoms with Gasteiger partial charge in [0.15, 0.2) is 0 Å². The molecule has 0 fully saturated rings. The Kier molecular flexibility index (Phi) is 14.9. The lowest BCUT2D eigenvalue weighted by atomic mass is 9.70. The fraction of sp³-hybridized carbons (Fsp3) is 0.333. The summed E-state index contributed by atoms with van der Waals surface area (Å²) in [6.07, 6.45) is -14.4. The van der Waals surface area contributed by atoms with Crippen molar-refractivity contribution in [2.45, 2.75) is 127 Å². The molecule has 2 aliphatic carbocycles. The third kappa shape index (κ3) is 9.93. The van der Waals surface area contributed by atoms with Gasteiger partial charge in [-0.05, 0) is 160 Å². The Hall–Kier alpha value is -7.41. The normalized spacial score (nSPS) is 14.7. The molecular weight excluding hydrogens is 1060 g/mol. The van der Waals surface area contributed by atoms with Crippen LogP contribution < -0.4 is 0 Å². The first kappa shape index (κ1) is 57.8. The first-order valence-corrected chi connectivity index (χ1v) is 27.7. The summed E-state index contributed by atoms with van der Waals surface area (Å²) in [7, 11) is 0. The van der Waals surface area contributed by atoms with Crippen LogP contribution in [0.1, 0.15) is 119 Å². The molecule has 2 aliphatic rings. The van der Waals surface area contributed by atoms with E-state index in [1.165, 1.54) is 38.7 Å². The smallest absolute Gasteiger partial charge is 0.412 e. The zero-order valence-electron chi connectivity index (χ0n) is 46.4. The molecule has 13 heteroatoms. The average Bonchev–Trinajstić information content (AvgIpc) is 1.63. The van der Waals surface area contributed by atoms with Crippen LogP contribution in [0.4, 0.5) is 39.5 Å². The Bertz CT molecular complexity index is 3730. The minimum absolute atomic E-state index is 0.0419. The van der Waals surface area contributed by atoms with Crippen molar-refractivity contribution in [2.24, 2.45) is 5.41 Å². The molecule has 0 saturated heterocycles. The lowest BCUT2D eigenvalue weighted by Gasteiger charge is -2.38. The molecular formula is C69H63F9O4. The van der Waals surface area contributed by atoms with Gasteiger partial charge >= 0.3 is 30.5 Å². The van der Waals surface area contributed by atoms with Crippen molar-refractivity contribution in [1.29, 1.82) is 0 Å². The van der Waals surface area contributed by atoms with E-state index in [4.69, 9.17) is 9.47 Å². The number of unbranched alkanes of at least 4 members (excludes halogenated alkanes) is 4. The van der Waals surface area contributed by atoms with Crippen LogP contribution in [0.25, 0.3) is 76.8 Å². The van der Waals surface area contributed by atoms with Crippen LogP contribution in [-0.4, -0.2) is 43.7 Å². The highest BCUT2D eigenvalue weighted by Gasteiger charge is 2.83. The lowest BCUT2D eigenvalue weighted by Crippen LogP contribution is -2.60. The fourth-order valence-corrected chi connectivity index (χ4v) is 13.0. The third-order valence-electron chi connectivity index (χ3n) is 17.4. The maximum Gasteiger partial charge on any atom is 0.412 e. The van der Waals surface area contributed by atoms with Crippen molar-refractivity contribution >= 4 is 44.3 Å². The summed E-state index contributed by atoms with van der Waals surface area (Å²) in [5, 5.41) is 7.09. The number of benzene rings is 8. The number of halogens is 9. The Morgan fingerprint density at radius 3 is 1.41 bits per heavy atom. The van der Waals surface area contributed by atoms with E-state index in [9.17, 15) is 49.1 Å². The molecule has 0 saturated carbocycles. The molecule has 10 rings (SSSR count). The van der Waals surface area contributed by atoms with E-state index in [0.29, 0.717) is 35.1 Å². The van der Waals surface area contributed by atoms with Crippen LogP contribution in [0.15, 0.2) is 147 Å². The number of ether oxygens (including phenoxy) is 2. The highest BCUT2D eigenvalue weighted by Crippen LogP contribution is 2.62. The number of fused-ring (bicyclic) bond motifs is 6. The predicted octanol–water partition coefficient (Wildman–Crippen LogP) is 19.6. The summed E-state index contributed by atoms with van der Waals surface area (Å²) in [6, 6.07) is 40.0. The number of carbonyl (C=O) groups is 2. The van der Waals surface area contributed by atoms with E-state index in [2.05, 4.69) is 113 Å². The second-order valence-corrected chi connectivity index (χ2v) is 23.7. The monoisotopic (exact) mass is 1130 g/mol. The zero-order valence-corrected chi connectivity index (χ0v) is 46.4. The molecule has 8 aromatic carbocycles. The first-order valence-electron chi connectivity index (χ1n) is 27.7.